The zero-order chi connectivity index (χ0) is 18.5. The molecule has 0 fully saturated rings. The predicted octanol–water partition coefficient (Wildman–Crippen LogP) is 3.47. The van der Waals surface area contributed by atoms with Gasteiger partial charge in [0.25, 0.3) is 5.91 Å². The van der Waals surface area contributed by atoms with Crippen LogP contribution < -0.4 is 0 Å². The van der Waals surface area contributed by atoms with E-state index < -0.39 is 5.82 Å². The Hall–Kier alpha value is -3.59. The van der Waals surface area contributed by atoms with E-state index in [9.17, 15) is 9.18 Å². The number of halogens is 1. The monoisotopic (exact) mass is 346 g/mol. The van der Waals surface area contributed by atoms with Crippen LogP contribution in [0.3, 0.4) is 0 Å². The van der Waals surface area contributed by atoms with E-state index in [0.717, 1.165) is 5.56 Å². The van der Waals surface area contributed by atoms with Gasteiger partial charge in [-0.25, -0.2) is 4.39 Å². The third kappa shape index (κ3) is 3.57. The Morgan fingerprint density at radius 3 is 2.85 bits per heavy atom. The maximum atomic E-state index is 13.9. The molecular formula is C20H15FN4O. The van der Waals surface area contributed by atoms with Crippen molar-refractivity contribution in [1.82, 2.24) is 14.9 Å². The molecule has 0 aliphatic carbocycles. The van der Waals surface area contributed by atoms with Crippen LogP contribution >= 0.6 is 0 Å². The zero-order valence-electron chi connectivity index (χ0n) is 13.9. The molecule has 0 saturated heterocycles. The summed E-state index contributed by atoms with van der Waals surface area (Å²) in [4.78, 5) is 22.8. The molecule has 6 heteroatoms. The largest absolute Gasteiger partial charge is 0.331 e. The number of rotatable bonds is 5. The standard InChI is InChI=1S/C20H15FN4O/c1-2-8-25(13-15-5-3-4-14(9-15)12-22)20(26)17-10-16(21)11-18-19(17)24-7-6-23-18/h2-7,9-11H,1,8,13H2. The first kappa shape index (κ1) is 17.2. The predicted molar refractivity (Wildman–Crippen MR) is 95.6 cm³/mol. The Balaban J connectivity index is 1.99. The molecule has 0 bridgehead atoms. The zero-order valence-corrected chi connectivity index (χ0v) is 13.9. The van der Waals surface area contributed by atoms with Crippen molar-refractivity contribution in [3.8, 4) is 6.07 Å². The minimum atomic E-state index is -0.550. The van der Waals surface area contributed by atoms with Crippen LogP contribution in [0.15, 0.2) is 61.4 Å². The molecule has 1 aromatic heterocycles. The molecule has 0 N–H and O–H groups in total. The molecule has 5 nitrogen and oxygen atoms in total. The first-order valence-corrected chi connectivity index (χ1v) is 7.92. The van der Waals surface area contributed by atoms with E-state index in [2.05, 4.69) is 22.6 Å². The average Bonchev–Trinajstić information content (AvgIpc) is 2.66. The molecule has 3 rings (SSSR count). The Bertz CT molecular complexity index is 1030. The third-order valence-corrected chi connectivity index (χ3v) is 3.84. The Morgan fingerprint density at radius 2 is 2.08 bits per heavy atom. The van der Waals surface area contributed by atoms with Crippen molar-refractivity contribution in [2.75, 3.05) is 6.54 Å². The summed E-state index contributed by atoms with van der Waals surface area (Å²) in [7, 11) is 0. The number of hydrogen-bond acceptors (Lipinski definition) is 4. The first-order valence-electron chi connectivity index (χ1n) is 7.92. The van der Waals surface area contributed by atoms with Crippen LogP contribution in [-0.2, 0) is 6.54 Å². The van der Waals surface area contributed by atoms with E-state index in [1.54, 1.807) is 24.3 Å². The van der Waals surface area contributed by atoms with Crippen LogP contribution in [0.1, 0.15) is 21.5 Å². The fourth-order valence-electron chi connectivity index (χ4n) is 2.71. The number of amides is 1. The number of carbonyl (C=O) groups is 1. The van der Waals surface area contributed by atoms with Crippen molar-refractivity contribution in [2.24, 2.45) is 0 Å². The number of fused-ring (bicyclic) bond motifs is 1. The summed E-state index contributed by atoms with van der Waals surface area (Å²) in [5.41, 5.74) is 2.12. The van der Waals surface area contributed by atoms with Crippen LogP contribution in [-0.4, -0.2) is 27.3 Å². The highest BCUT2D eigenvalue weighted by atomic mass is 19.1. The summed E-state index contributed by atoms with van der Waals surface area (Å²) in [6, 6.07) is 11.5. The molecule has 0 aliphatic heterocycles. The Labute approximate surface area is 150 Å². The summed E-state index contributed by atoms with van der Waals surface area (Å²) >= 11 is 0. The molecule has 2 aromatic carbocycles. The second-order valence-electron chi connectivity index (χ2n) is 5.66. The summed E-state index contributed by atoms with van der Waals surface area (Å²) in [5, 5.41) is 9.03. The number of carbonyl (C=O) groups excluding carboxylic acids is 1. The summed E-state index contributed by atoms with van der Waals surface area (Å²) in [5.74, 6) is -0.927. The summed E-state index contributed by atoms with van der Waals surface area (Å²) in [6.45, 7) is 4.22. The second kappa shape index (κ2) is 7.53. The molecule has 0 radical (unpaired) electrons. The van der Waals surface area contributed by atoms with E-state index in [-0.39, 0.29) is 24.6 Å². The van der Waals surface area contributed by atoms with Gasteiger partial charge in [-0.1, -0.05) is 18.2 Å². The highest BCUT2D eigenvalue weighted by molar-refractivity contribution is 6.04. The topological polar surface area (TPSA) is 69.9 Å². The highest BCUT2D eigenvalue weighted by Gasteiger charge is 2.20. The highest BCUT2D eigenvalue weighted by Crippen LogP contribution is 2.20. The molecule has 128 valence electrons. The molecule has 0 aliphatic rings. The smallest absolute Gasteiger partial charge is 0.256 e. The van der Waals surface area contributed by atoms with E-state index >= 15 is 0 Å². The van der Waals surface area contributed by atoms with Crippen molar-refractivity contribution in [3.05, 3.63) is 84.0 Å². The van der Waals surface area contributed by atoms with E-state index in [1.165, 1.54) is 29.4 Å². The number of aromatic nitrogens is 2. The van der Waals surface area contributed by atoms with Crippen molar-refractivity contribution in [2.45, 2.75) is 6.54 Å². The van der Waals surface area contributed by atoms with Crippen molar-refractivity contribution in [3.63, 3.8) is 0 Å². The molecular weight excluding hydrogens is 331 g/mol. The van der Waals surface area contributed by atoms with E-state index in [0.29, 0.717) is 16.6 Å². The lowest BCUT2D eigenvalue weighted by molar-refractivity contribution is 0.0764. The second-order valence-corrected chi connectivity index (χ2v) is 5.66. The van der Waals surface area contributed by atoms with Gasteiger partial charge in [0.1, 0.15) is 11.3 Å². The molecule has 1 amide bonds. The number of benzene rings is 2. The van der Waals surface area contributed by atoms with E-state index in [1.807, 2.05) is 6.07 Å². The van der Waals surface area contributed by atoms with Gasteiger partial charge >= 0.3 is 0 Å². The average molecular weight is 346 g/mol. The minimum absolute atomic E-state index is 0.145. The van der Waals surface area contributed by atoms with E-state index in [4.69, 9.17) is 5.26 Å². The lowest BCUT2D eigenvalue weighted by Crippen LogP contribution is -2.31. The Kier molecular flexibility index (Phi) is 4.99. The first-order chi connectivity index (χ1) is 12.6. The number of nitriles is 1. The van der Waals surface area contributed by atoms with Gasteiger partial charge < -0.3 is 4.90 Å². The van der Waals surface area contributed by atoms with Gasteiger partial charge in [-0.15, -0.1) is 6.58 Å². The molecule has 0 spiro atoms. The normalized spacial score (nSPS) is 10.3. The number of nitrogens with zero attached hydrogens (tertiary/aromatic N) is 4. The van der Waals surface area contributed by atoms with Gasteiger partial charge in [-0.2, -0.15) is 5.26 Å². The molecule has 3 aromatic rings. The van der Waals surface area contributed by atoms with Gasteiger partial charge in [0, 0.05) is 31.5 Å². The third-order valence-electron chi connectivity index (χ3n) is 3.84. The van der Waals surface area contributed by atoms with Crippen molar-refractivity contribution in [1.29, 1.82) is 5.26 Å². The maximum Gasteiger partial charge on any atom is 0.256 e. The van der Waals surface area contributed by atoms with Gasteiger partial charge in [0.05, 0.1) is 22.7 Å². The molecule has 26 heavy (non-hydrogen) atoms. The Morgan fingerprint density at radius 1 is 1.27 bits per heavy atom. The van der Waals surface area contributed by atoms with Gasteiger partial charge in [0.15, 0.2) is 0 Å². The van der Waals surface area contributed by atoms with Gasteiger partial charge in [0.2, 0.25) is 0 Å². The van der Waals surface area contributed by atoms with Gasteiger partial charge in [-0.3, -0.25) is 14.8 Å². The van der Waals surface area contributed by atoms with Crippen LogP contribution in [0.25, 0.3) is 11.0 Å². The molecule has 1 heterocycles. The van der Waals surface area contributed by atoms with Gasteiger partial charge in [-0.05, 0) is 23.8 Å². The fourth-order valence-corrected chi connectivity index (χ4v) is 2.71. The summed E-state index contributed by atoms with van der Waals surface area (Å²) in [6.07, 6.45) is 4.51. The lowest BCUT2D eigenvalue weighted by Gasteiger charge is -2.22. The fraction of sp³-hybridized carbons (Fsp3) is 0.100. The SMILES string of the molecule is C=CCN(Cc1cccc(C#N)c1)C(=O)c1cc(F)cc2nccnc12. The molecule has 0 saturated carbocycles. The van der Waals surface area contributed by atoms with Crippen molar-refractivity contribution < 1.29 is 9.18 Å². The van der Waals surface area contributed by atoms with Crippen LogP contribution in [0.2, 0.25) is 0 Å². The quantitative estimate of drug-likeness (QED) is 0.663. The maximum absolute atomic E-state index is 13.9. The molecule has 0 unspecified atom stereocenters. The van der Waals surface area contributed by atoms with Crippen LogP contribution in [0.4, 0.5) is 4.39 Å². The lowest BCUT2D eigenvalue weighted by atomic mass is 10.1. The van der Waals surface area contributed by atoms with Crippen LogP contribution in [0, 0.1) is 17.1 Å². The van der Waals surface area contributed by atoms with Crippen LogP contribution in [0.5, 0.6) is 0 Å². The van der Waals surface area contributed by atoms with Crippen molar-refractivity contribution >= 4 is 16.9 Å². The summed E-state index contributed by atoms with van der Waals surface area (Å²) < 4.78 is 13.9. The number of hydrogen-bond donors (Lipinski definition) is 0. The minimum Gasteiger partial charge on any atom is -0.331 e. The molecule has 0 atom stereocenters.